The molecule has 74 valence electrons. The predicted octanol–water partition coefficient (Wildman–Crippen LogP) is 2.08. The first-order valence-electron chi connectivity index (χ1n) is 4.88. The number of aromatic nitrogens is 2. The molecule has 0 atom stereocenters. The monoisotopic (exact) mass is 189 g/mol. The van der Waals surface area contributed by atoms with Crippen LogP contribution in [0.25, 0.3) is 10.9 Å². The van der Waals surface area contributed by atoms with Crippen molar-refractivity contribution in [2.45, 2.75) is 26.4 Å². The lowest BCUT2D eigenvalue weighted by atomic mass is 10.2. The van der Waals surface area contributed by atoms with Crippen molar-refractivity contribution in [1.82, 2.24) is 9.78 Å². The lowest BCUT2D eigenvalue weighted by Gasteiger charge is -2.02. The zero-order valence-corrected chi connectivity index (χ0v) is 8.57. The van der Waals surface area contributed by atoms with Crippen LogP contribution < -0.4 is 5.73 Å². The molecule has 0 unspecified atom stereocenters. The number of fused-ring (bicyclic) bond motifs is 1. The number of nitrogens with zero attached hydrogens (tertiary/aromatic N) is 2. The first kappa shape index (κ1) is 9.21. The zero-order chi connectivity index (χ0) is 10.1. The molecule has 2 aromatic rings. The molecule has 1 aromatic heterocycles. The number of rotatable bonds is 2. The molecule has 0 amide bonds. The van der Waals surface area contributed by atoms with E-state index in [0.29, 0.717) is 12.6 Å². The molecule has 0 aliphatic rings. The highest BCUT2D eigenvalue weighted by Crippen LogP contribution is 2.16. The lowest BCUT2D eigenvalue weighted by Crippen LogP contribution is -2.00. The molecule has 0 saturated carbocycles. The largest absolute Gasteiger partial charge is 0.326 e. The van der Waals surface area contributed by atoms with Gasteiger partial charge in [-0.2, -0.15) is 5.10 Å². The standard InChI is InChI=1S/C11H15N3/c1-8(2)14-7-10-4-3-9(6-12)5-11(10)13-14/h3-5,7-8H,6,12H2,1-2H3. The summed E-state index contributed by atoms with van der Waals surface area (Å²) in [5, 5.41) is 5.66. The fourth-order valence-electron chi connectivity index (χ4n) is 1.47. The molecule has 0 aliphatic carbocycles. The Morgan fingerprint density at radius 2 is 2.21 bits per heavy atom. The summed E-state index contributed by atoms with van der Waals surface area (Å²) in [5.74, 6) is 0. The summed E-state index contributed by atoms with van der Waals surface area (Å²) in [4.78, 5) is 0. The average molecular weight is 189 g/mol. The Morgan fingerprint density at radius 1 is 1.43 bits per heavy atom. The molecule has 0 radical (unpaired) electrons. The van der Waals surface area contributed by atoms with Crippen molar-refractivity contribution < 1.29 is 0 Å². The highest BCUT2D eigenvalue weighted by molar-refractivity contribution is 5.78. The number of hydrogen-bond acceptors (Lipinski definition) is 2. The van der Waals surface area contributed by atoms with Crippen LogP contribution in [0.4, 0.5) is 0 Å². The molecule has 0 bridgehead atoms. The fraction of sp³-hybridized carbons (Fsp3) is 0.364. The Balaban J connectivity index is 2.54. The van der Waals surface area contributed by atoms with Gasteiger partial charge in [-0.15, -0.1) is 0 Å². The van der Waals surface area contributed by atoms with Crippen molar-refractivity contribution in [3.05, 3.63) is 30.0 Å². The number of benzene rings is 1. The quantitative estimate of drug-likeness (QED) is 0.786. The first-order valence-corrected chi connectivity index (χ1v) is 4.88. The zero-order valence-electron chi connectivity index (χ0n) is 8.57. The van der Waals surface area contributed by atoms with Gasteiger partial charge in [0.15, 0.2) is 0 Å². The second kappa shape index (κ2) is 3.42. The third-order valence-corrected chi connectivity index (χ3v) is 2.35. The van der Waals surface area contributed by atoms with Gasteiger partial charge in [-0.3, -0.25) is 4.68 Å². The van der Waals surface area contributed by atoms with Gasteiger partial charge >= 0.3 is 0 Å². The molecule has 3 nitrogen and oxygen atoms in total. The van der Waals surface area contributed by atoms with Crippen LogP contribution in [-0.2, 0) is 6.54 Å². The topological polar surface area (TPSA) is 43.8 Å². The van der Waals surface area contributed by atoms with Gasteiger partial charge in [0.1, 0.15) is 0 Å². The van der Waals surface area contributed by atoms with Crippen molar-refractivity contribution in [3.8, 4) is 0 Å². The van der Waals surface area contributed by atoms with Crippen LogP contribution in [0.5, 0.6) is 0 Å². The summed E-state index contributed by atoms with van der Waals surface area (Å²) in [5.41, 5.74) is 7.73. The summed E-state index contributed by atoms with van der Waals surface area (Å²) in [6, 6.07) is 6.58. The molecule has 14 heavy (non-hydrogen) atoms. The van der Waals surface area contributed by atoms with E-state index >= 15 is 0 Å². The second-order valence-electron chi connectivity index (χ2n) is 3.80. The molecular formula is C11H15N3. The van der Waals surface area contributed by atoms with E-state index in [1.54, 1.807) is 0 Å². The van der Waals surface area contributed by atoms with E-state index in [4.69, 9.17) is 5.73 Å². The SMILES string of the molecule is CC(C)n1cc2ccc(CN)cc2n1. The summed E-state index contributed by atoms with van der Waals surface area (Å²) < 4.78 is 1.98. The van der Waals surface area contributed by atoms with Gasteiger partial charge in [-0.1, -0.05) is 12.1 Å². The van der Waals surface area contributed by atoms with Gasteiger partial charge in [0.2, 0.25) is 0 Å². The maximum absolute atomic E-state index is 5.57. The van der Waals surface area contributed by atoms with Crippen LogP contribution in [0.2, 0.25) is 0 Å². The Kier molecular flexibility index (Phi) is 2.25. The van der Waals surface area contributed by atoms with E-state index in [-0.39, 0.29) is 0 Å². The summed E-state index contributed by atoms with van der Waals surface area (Å²) >= 11 is 0. The van der Waals surface area contributed by atoms with Crippen molar-refractivity contribution in [2.75, 3.05) is 0 Å². The van der Waals surface area contributed by atoms with Crippen LogP contribution in [0.3, 0.4) is 0 Å². The van der Waals surface area contributed by atoms with Gasteiger partial charge in [0.25, 0.3) is 0 Å². The van der Waals surface area contributed by atoms with Crippen molar-refractivity contribution in [3.63, 3.8) is 0 Å². The summed E-state index contributed by atoms with van der Waals surface area (Å²) in [7, 11) is 0. The van der Waals surface area contributed by atoms with Crippen LogP contribution in [0.1, 0.15) is 25.5 Å². The molecule has 1 aromatic carbocycles. The highest BCUT2D eigenvalue weighted by atomic mass is 15.3. The van der Waals surface area contributed by atoms with Crippen LogP contribution in [0.15, 0.2) is 24.4 Å². The lowest BCUT2D eigenvalue weighted by molar-refractivity contribution is 0.537. The Bertz CT molecular complexity index is 443. The van der Waals surface area contributed by atoms with E-state index in [2.05, 4.69) is 37.3 Å². The van der Waals surface area contributed by atoms with Gasteiger partial charge in [-0.25, -0.2) is 0 Å². The molecule has 1 heterocycles. The van der Waals surface area contributed by atoms with E-state index in [0.717, 1.165) is 11.1 Å². The number of hydrogen-bond donors (Lipinski definition) is 1. The summed E-state index contributed by atoms with van der Waals surface area (Å²) in [6.07, 6.45) is 2.07. The van der Waals surface area contributed by atoms with Crippen LogP contribution in [-0.4, -0.2) is 9.78 Å². The van der Waals surface area contributed by atoms with Crippen molar-refractivity contribution >= 4 is 10.9 Å². The molecule has 2 rings (SSSR count). The van der Waals surface area contributed by atoms with Crippen LogP contribution >= 0.6 is 0 Å². The highest BCUT2D eigenvalue weighted by Gasteiger charge is 2.03. The maximum atomic E-state index is 5.57. The van der Waals surface area contributed by atoms with Gasteiger partial charge in [0, 0.05) is 24.2 Å². The second-order valence-corrected chi connectivity index (χ2v) is 3.80. The van der Waals surface area contributed by atoms with Crippen molar-refractivity contribution in [1.29, 1.82) is 0 Å². The minimum absolute atomic E-state index is 0.406. The Hall–Kier alpha value is -1.35. The van der Waals surface area contributed by atoms with Gasteiger partial charge in [0.05, 0.1) is 5.52 Å². The van der Waals surface area contributed by atoms with Crippen LogP contribution in [0, 0.1) is 0 Å². The maximum Gasteiger partial charge on any atom is 0.0926 e. The van der Waals surface area contributed by atoms with Gasteiger partial charge < -0.3 is 5.73 Å². The van der Waals surface area contributed by atoms with E-state index in [1.807, 2.05) is 10.7 Å². The van der Waals surface area contributed by atoms with Gasteiger partial charge in [-0.05, 0) is 25.5 Å². The fourth-order valence-corrected chi connectivity index (χ4v) is 1.47. The number of nitrogens with two attached hydrogens (primary N) is 1. The minimum Gasteiger partial charge on any atom is -0.326 e. The van der Waals surface area contributed by atoms with E-state index < -0.39 is 0 Å². The minimum atomic E-state index is 0.406. The van der Waals surface area contributed by atoms with E-state index in [9.17, 15) is 0 Å². The average Bonchev–Trinajstić information content (AvgIpc) is 2.59. The molecule has 0 spiro atoms. The van der Waals surface area contributed by atoms with Crippen molar-refractivity contribution in [2.24, 2.45) is 5.73 Å². The Morgan fingerprint density at radius 3 is 2.86 bits per heavy atom. The molecule has 3 heteroatoms. The predicted molar refractivity (Wildman–Crippen MR) is 58.0 cm³/mol. The molecule has 0 saturated heterocycles. The Labute approximate surface area is 83.5 Å². The summed E-state index contributed by atoms with van der Waals surface area (Å²) in [6.45, 7) is 4.82. The van der Waals surface area contributed by atoms with E-state index in [1.165, 1.54) is 5.39 Å². The molecular weight excluding hydrogens is 174 g/mol. The third-order valence-electron chi connectivity index (χ3n) is 2.35. The third kappa shape index (κ3) is 1.51. The molecule has 0 fully saturated rings. The molecule has 2 N–H and O–H groups in total. The smallest absolute Gasteiger partial charge is 0.0926 e. The molecule has 0 aliphatic heterocycles. The normalized spacial score (nSPS) is 11.4. The first-order chi connectivity index (χ1) is 6.70.